The number of thiocarbonyl (C=S) groups is 1. The van der Waals surface area contributed by atoms with Crippen molar-refractivity contribution in [3.63, 3.8) is 0 Å². The summed E-state index contributed by atoms with van der Waals surface area (Å²) >= 11 is 11.7. The summed E-state index contributed by atoms with van der Waals surface area (Å²) in [5.74, 6) is 0. The van der Waals surface area contributed by atoms with Crippen LogP contribution in [0.5, 0.6) is 0 Å². The number of likely N-dealkylation sites (N-methyl/N-ethyl adjacent to an activating group) is 1. The molecule has 122 valence electrons. The molecule has 0 amide bonds. The summed E-state index contributed by atoms with van der Waals surface area (Å²) < 4.78 is 0. The zero-order chi connectivity index (χ0) is 16.8. The van der Waals surface area contributed by atoms with Crippen molar-refractivity contribution in [2.24, 2.45) is 0 Å². The molecule has 0 aliphatic heterocycles. The Morgan fingerprint density at radius 1 is 1.17 bits per heavy atom. The van der Waals surface area contributed by atoms with Crippen molar-refractivity contribution in [3.8, 4) is 0 Å². The summed E-state index contributed by atoms with van der Waals surface area (Å²) in [4.78, 5) is 2.13. The molecule has 0 bridgehead atoms. The number of aryl methyl sites for hydroxylation is 1. The summed E-state index contributed by atoms with van der Waals surface area (Å²) in [6.45, 7) is 2.73. The lowest BCUT2D eigenvalue weighted by Gasteiger charge is -2.26. The molecule has 2 aromatic rings. The average molecular weight is 348 g/mol. The van der Waals surface area contributed by atoms with E-state index in [1.54, 1.807) is 0 Å². The Morgan fingerprint density at radius 2 is 1.91 bits per heavy atom. The van der Waals surface area contributed by atoms with E-state index in [1.165, 1.54) is 5.56 Å². The van der Waals surface area contributed by atoms with Crippen molar-refractivity contribution in [1.82, 2.24) is 10.2 Å². The molecule has 0 aromatic heterocycles. The molecule has 0 spiro atoms. The normalized spacial score (nSPS) is 12.0. The van der Waals surface area contributed by atoms with Gasteiger partial charge in [0.05, 0.1) is 6.04 Å². The smallest absolute Gasteiger partial charge is 0.170 e. The highest BCUT2D eigenvalue weighted by atomic mass is 35.5. The van der Waals surface area contributed by atoms with E-state index in [0.29, 0.717) is 11.7 Å². The fourth-order valence-corrected chi connectivity index (χ4v) is 2.87. The Hall–Kier alpha value is -1.62. The number of nitrogens with one attached hydrogen (secondary N) is 2. The van der Waals surface area contributed by atoms with Crippen LogP contribution in [0.25, 0.3) is 0 Å². The molecule has 2 rings (SSSR count). The molecule has 0 saturated heterocycles. The van der Waals surface area contributed by atoms with Gasteiger partial charge < -0.3 is 15.5 Å². The first-order valence-electron chi connectivity index (χ1n) is 7.49. The molecule has 0 heterocycles. The molecular weight excluding hydrogens is 326 g/mol. The molecule has 0 aliphatic rings. The first-order valence-corrected chi connectivity index (χ1v) is 8.28. The number of rotatable bonds is 5. The maximum absolute atomic E-state index is 6.32. The summed E-state index contributed by atoms with van der Waals surface area (Å²) in [6, 6.07) is 16.2. The van der Waals surface area contributed by atoms with Gasteiger partial charge in [0.25, 0.3) is 0 Å². The van der Waals surface area contributed by atoms with E-state index in [9.17, 15) is 0 Å². The molecule has 23 heavy (non-hydrogen) atoms. The highest BCUT2D eigenvalue weighted by Gasteiger charge is 2.17. The molecule has 3 nitrogen and oxygen atoms in total. The van der Waals surface area contributed by atoms with Gasteiger partial charge in [-0.2, -0.15) is 0 Å². The summed E-state index contributed by atoms with van der Waals surface area (Å²) in [5.41, 5.74) is 3.27. The van der Waals surface area contributed by atoms with Crippen LogP contribution in [0, 0.1) is 6.92 Å². The molecule has 0 unspecified atom stereocenters. The minimum atomic E-state index is 0.140. The molecule has 0 fully saturated rings. The van der Waals surface area contributed by atoms with Crippen LogP contribution in [0.15, 0.2) is 48.5 Å². The number of nitrogens with zero attached hydrogens (tertiary/aromatic N) is 1. The molecule has 2 aromatic carbocycles. The van der Waals surface area contributed by atoms with Crippen LogP contribution in [0.3, 0.4) is 0 Å². The van der Waals surface area contributed by atoms with Crippen LogP contribution < -0.4 is 10.6 Å². The monoisotopic (exact) mass is 347 g/mol. The van der Waals surface area contributed by atoms with Crippen molar-refractivity contribution in [3.05, 3.63) is 64.7 Å². The SMILES string of the molecule is Cc1cccc(NC(=S)NC[C@H](c2ccccc2Cl)N(C)C)c1. The van der Waals surface area contributed by atoms with Crippen molar-refractivity contribution < 1.29 is 0 Å². The van der Waals surface area contributed by atoms with E-state index in [1.807, 2.05) is 50.5 Å². The predicted octanol–water partition coefficient (Wildman–Crippen LogP) is 4.24. The van der Waals surface area contributed by atoms with E-state index in [-0.39, 0.29) is 6.04 Å². The van der Waals surface area contributed by atoms with E-state index in [4.69, 9.17) is 23.8 Å². The maximum atomic E-state index is 6.32. The zero-order valence-corrected chi connectivity index (χ0v) is 15.2. The van der Waals surface area contributed by atoms with Gasteiger partial charge in [0, 0.05) is 17.3 Å². The van der Waals surface area contributed by atoms with Gasteiger partial charge in [-0.1, -0.05) is 41.9 Å². The van der Waals surface area contributed by atoms with E-state index in [2.05, 4.69) is 34.6 Å². The lowest BCUT2D eigenvalue weighted by molar-refractivity contribution is 0.299. The second-order valence-electron chi connectivity index (χ2n) is 5.71. The molecule has 2 N–H and O–H groups in total. The topological polar surface area (TPSA) is 27.3 Å². The van der Waals surface area contributed by atoms with Crippen LogP contribution in [-0.4, -0.2) is 30.7 Å². The third-order valence-electron chi connectivity index (χ3n) is 3.62. The number of hydrogen-bond acceptors (Lipinski definition) is 2. The Bertz CT molecular complexity index is 673. The molecule has 5 heteroatoms. The predicted molar refractivity (Wildman–Crippen MR) is 103 cm³/mol. The minimum Gasteiger partial charge on any atom is -0.361 e. The quantitative estimate of drug-likeness (QED) is 0.791. The third kappa shape index (κ3) is 5.20. The van der Waals surface area contributed by atoms with Gasteiger partial charge in [-0.25, -0.2) is 0 Å². The van der Waals surface area contributed by atoms with E-state index < -0.39 is 0 Å². The lowest BCUT2D eigenvalue weighted by atomic mass is 10.1. The Morgan fingerprint density at radius 3 is 2.57 bits per heavy atom. The van der Waals surface area contributed by atoms with Crippen molar-refractivity contribution in [2.75, 3.05) is 26.0 Å². The van der Waals surface area contributed by atoms with E-state index >= 15 is 0 Å². The number of hydrogen-bond donors (Lipinski definition) is 2. The minimum absolute atomic E-state index is 0.140. The molecule has 0 aliphatic carbocycles. The van der Waals surface area contributed by atoms with Crippen LogP contribution >= 0.6 is 23.8 Å². The number of anilines is 1. The fourth-order valence-electron chi connectivity index (χ4n) is 2.40. The maximum Gasteiger partial charge on any atom is 0.170 e. The van der Waals surface area contributed by atoms with Crippen LogP contribution in [0.2, 0.25) is 5.02 Å². The first kappa shape index (κ1) is 17.7. The van der Waals surface area contributed by atoms with E-state index in [0.717, 1.165) is 16.3 Å². The van der Waals surface area contributed by atoms with Gasteiger partial charge in [0.15, 0.2) is 5.11 Å². The Kier molecular flexibility index (Phi) is 6.39. The second-order valence-corrected chi connectivity index (χ2v) is 6.52. The largest absolute Gasteiger partial charge is 0.361 e. The highest BCUT2D eigenvalue weighted by molar-refractivity contribution is 7.80. The average Bonchev–Trinajstić information content (AvgIpc) is 2.49. The van der Waals surface area contributed by atoms with Gasteiger partial charge >= 0.3 is 0 Å². The lowest BCUT2D eigenvalue weighted by Crippen LogP contribution is -2.36. The Balaban J connectivity index is 1.99. The molecule has 0 radical (unpaired) electrons. The van der Waals surface area contributed by atoms with Crippen molar-refractivity contribution in [1.29, 1.82) is 0 Å². The number of halogens is 1. The van der Waals surface area contributed by atoms with Crippen LogP contribution in [-0.2, 0) is 0 Å². The van der Waals surface area contributed by atoms with Gasteiger partial charge in [-0.15, -0.1) is 0 Å². The van der Waals surface area contributed by atoms with Gasteiger partial charge in [-0.3, -0.25) is 0 Å². The van der Waals surface area contributed by atoms with Gasteiger partial charge in [-0.05, 0) is 62.6 Å². The van der Waals surface area contributed by atoms with Gasteiger partial charge in [0.1, 0.15) is 0 Å². The second kappa shape index (κ2) is 8.29. The molecule has 1 atom stereocenters. The zero-order valence-electron chi connectivity index (χ0n) is 13.6. The first-order chi connectivity index (χ1) is 11.0. The summed E-state index contributed by atoms with van der Waals surface area (Å²) in [7, 11) is 4.07. The van der Waals surface area contributed by atoms with Crippen LogP contribution in [0.4, 0.5) is 5.69 Å². The standard InChI is InChI=1S/C18H22ClN3S/c1-13-7-6-8-14(11-13)21-18(23)20-12-17(22(2)3)15-9-4-5-10-16(15)19/h4-11,17H,12H2,1-3H3,(H2,20,21,23)/t17-/m1/s1. The van der Waals surface area contributed by atoms with Gasteiger partial charge in [0.2, 0.25) is 0 Å². The summed E-state index contributed by atoms with van der Waals surface area (Å²) in [5, 5.41) is 7.86. The third-order valence-corrected chi connectivity index (χ3v) is 4.21. The number of benzene rings is 2. The molecular formula is C18H22ClN3S. The fraction of sp³-hybridized carbons (Fsp3) is 0.278. The summed E-state index contributed by atoms with van der Waals surface area (Å²) in [6.07, 6.45) is 0. The molecule has 0 saturated carbocycles. The van der Waals surface area contributed by atoms with Crippen molar-refractivity contribution >= 4 is 34.6 Å². The highest BCUT2D eigenvalue weighted by Crippen LogP contribution is 2.25. The van der Waals surface area contributed by atoms with Crippen LogP contribution in [0.1, 0.15) is 17.2 Å². The Labute approximate surface area is 148 Å². The van der Waals surface area contributed by atoms with Crippen molar-refractivity contribution in [2.45, 2.75) is 13.0 Å².